The van der Waals surface area contributed by atoms with Crippen LogP contribution in [-0.4, -0.2) is 110 Å². The fraction of sp³-hybridized carbons (Fsp3) is 0.877. The summed E-state index contributed by atoms with van der Waals surface area (Å²) < 4.78 is 11.1. The third kappa shape index (κ3) is 34.6. The molecule has 8 N–H and O–H groups in total. The minimum Gasteiger partial charge on any atom is -0.394 e. The van der Waals surface area contributed by atoms with E-state index < -0.39 is 74.2 Å². The van der Waals surface area contributed by atoms with Crippen molar-refractivity contribution >= 4 is 5.91 Å². The maximum Gasteiger partial charge on any atom is 0.249 e. The van der Waals surface area contributed by atoms with Crippen LogP contribution in [0, 0.1) is 0 Å². The van der Waals surface area contributed by atoms with E-state index in [2.05, 4.69) is 55.6 Å². The number of nitrogens with one attached hydrogen (secondary N) is 1. The molecule has 0 aromatic rings. The first-order chi connectivity index (χ1) is 33.2. The van der Waals surface area contributed by atoms with Crippen molar-refractivity contribution in [1.29, 1.82) is 0 Å². The Hall–Kier alpha value is -1.67. The van der Waals surface area contributed by atoms with E-state index >= 15 is 0 Å². The van der Waals surface area contributed by atoms with Gasteiger partial charge in [0.25, 0.3) is 0 Å². The maximum absolute atomic E-state index is 13.2. The highest BCUT2D eigenvalue weighted by atomic mass is 16.7. The Kier molecular flexibility index (Phi) is 43.9. The second-order valence-electron chi connectivity index (χ2n) is 20.0. The average Bonchev–Trinajstić information content (AvgIpc) is 3.34. The number of carbonyl (C=O) groups excluding carboxylic acids is 1. The molecule has 11 nitrogen and oxygen atoms in total. The van der Waals surface area contributed by atoms with Crippen LogP contribution < -0.4 is 5.32 Å². The number of unbranched alkanes of at least 4 members (excludes halogenated alkanes) is 30. The molecule has 400 valence electrons. The van der Waals surface area contributed by atoms with Gasteiger partial charge in [-0.3, -0.25) is 4.79 Å². The van der Waals surface area contributed by atoms with Crippen molar-refractivity contribution in [3.8, 4) is 0 Å². The zero-order valence-electron chi connectivity index (χ0n) is 43.6. The van der Waals surface area contributed by atoms with Gasteiger partial charge in [-0.05, 0) is 64.2 Å². The summed E-state index contributed by atoms with van der Waals surface area (Å²) in [5.41, 5.74) is 0. The number of ether oxygens (including phenoxy) is 2. The molecule has 1 saturated heterocycles. The van der Waals surface area contributed by atoms with Crippen molar-refractivity contribution in [1.82, 2.24) is 5.32 Å². The molecule has 0 aromatic carbocycles. The first-order valence-corrected chi connectivity index (χ1v) is 28.4. The first kappa shape index (κ1) is 64.3. The summed E-state index contributed by atoms with van der Waals surface area (Å²) in [4.78, 5) is 13.2. The van der Waals surface area contributed by atoms with Gasteiger partial charge in [0.1, 0.15) is 36.6 Å². The van der Waals surface area contributed by atoms with Gasteiger partial charge in [-0.25, -0.2) is 0 Å². The summed E-state index contributed by atoms with van der Waals surface area (Å²) in [5.74, 6) is -0.710. The van der Waals surface area contributed by atoms with E-state index in [0.717, 1.165) is 44.9 Å². The number of allylic oxidation sites excluding steroid dienone is 6. The lowest BCUT2D eigenvalue weighted by atomic mass is 9.98. The van der Waals surface area contributed by atoms with E-state index in [9.17, 15) is 40.5 Å². The smallest absolute Gasteiger partial charge is 0.249 e. The molecule has 0 aliphatic carbocycles. The van der Waals surface area contributed by atoms with Crippen LogP contribution in [0.5, 0.6) is 0 Å². The highest BCUT2D eigenvalue weighted by Gasteiger charge is 2.44. The highest BCUT2D eigenvalue weighted by molar-refractivity contribution is 5.80. The summed E-state index contributed by atoms with van der Waals surface area (Å²) in [5, 5.41) is 76.0. The number of amides is 1. The standard InChI is InChI=1S/C57H107NO10/c1-3-5-7-9-11-13-15-17-19-21-22-23-24-25-26-27-29-30-32-34-36-38-40-42-44-49(60)52(62)48(47-67-57-55(65)54(64)53(63)51(46-59)68-57)58-56(66)50(61)45-43-41-39-37-35-33-31-28-20-18-16-14-12-10-8-6-4-2/h24-25,29-30,36,38,48-55,57,59-65H,3-23,26-28,31-35,37,39-47H2,1-2H3,(H,58,66)/b25-24+,30-29+,38-36+. The van der Waals surface area contributed by atoms with Crippen LogP contribution in [0.25, 0.3) is 0 Å². The Balaban J connectivity index is 2.37. The Bertz CT molecular complexity index is 1200. The molecule has 1 heterocycles. The first-order valence-electron chi connectivity index (χ1n) is 28.4. The van der Waals surface area contributed by atoms with Crippen LogP contribution in [0.1, 0.15) is 251 Å². The second kappa shape index (κ2) is 46.4. The average molecular weight is 966 g/mol. The molecule has 0 radical (unpaired) electrons. The molecule has 0 saturated carbocycles. The van der Waals surface area contributed by atoms with E-state index in [1.165, 1.54) is 161 Å². The number of aliphatic hydroxyl groups excluding tert-OH is 7. The largest absolute Gasteiger partial charge is 0.394 e. The lowest BCUT2D eigenvalue weighted by Gasteiger charge is -2.40. The summed E-state index contributed by atoms with van der Waals surface area (Å²) in [6, 6.07) is -1.19. The number of hydrogen-bond donors (Lipinski definition) is 8. The maximum atomic E-state index is 13.2. The van der Waals surface area contributed by atoms with E-state index in [0.29, 0.717) is 19.3 Å². The number of carbonyl (C=O) groups is 1. The van der Waals surface area contributed by atoms with Gasteiger partial charge in [0, 0.05) is 0 Å². The third-order valence-electron chi connectivity index (χ3n) is 13.7. The molecule has 1 fully saturated rings. The SMILES string of the molecule is CCCCCCCCCCCCC/C=C/CC/C=C/CC/C=C/CCCC(O)C(O)C(COC1OC(CO)C(O)C(O)C1O)NC(=O)C(O)CCCCCCCCCCCCCCCCCCC. The van der Waals surface area contributed by atoms with Crippen LogP contribution in [-0.2, 0) is 14.3 Å². The fourth-order valence-corrected chi connectivity index (χ4v) is 9.00. The molecule has 9 atom stereocenters. The lowest BCUT2D eigenvalue weighted by molar-refractivity contribution is -0.303. The monoisotopic (exact) mass is 966 g/mol. The van der Waals surface area contributed by atoms with Gasteiger partial charge in [-0.2, -0.15) is 0 Å². The van der Waals surface area contributed by atoms with Gasteiger partial charge in [0.2, 0.25) is 5.91 Å². The number of hydrogen-bond acceptors (Lipinski definition) is 10. The number of rotatable bonds is 48. The van der Waals surface area contributed by atoms with Crippen molar-refractivity contribution in [2.75, 3.05) is 13.2 Å². The van der Waals surface area contributed by atoms with Crippen molar-refractivity contribution in [3.63, 3.8) is 0 Å². The van der Waals surface area contributed by atoms with Crippen molar-refractivity contribution in [3.05, 3.63) is 36.5 Å². The highest BCUT2D eigenvalue weighted by Crippen LogP contribution is 2.23. The van der Waals surface area contributed by atoms with E-state index in [4.69, 9.17) is 9.47 Å². The Labute approximate surface area is 416 Å². The lowest BCUT2D eigenvalue weighted by Crippen LogP contribution is -2.60. The van der Waals surface area contributed by atoms with Gasteiger partial charge in [-0.15, -0.1) is 0 Å². The van der Waals surface area contributed by atoms with Crippen LogP contribution >= 0.6 is 0 Å². The molecule has 68 heavy (non-hydrogen) atoms. The van der Waals surface area contributed by atoms with E-state index in [1.807, 2.05) is 0 Å². The molecule has 1 aliphatic heterocycles. The van der Waals surface area contributed by atoms with Gasteiger partial charge in [0.15, 0.2) is 6.29 Å². The van der Waals surface area contributed by atoms with Crippen LogP contribution in [0.3, 0.4) is 0 Å². The fourth-order valence-electron chi connectivity index (χ4n) is 9.00. The zero-order valence-corrected chi connectivity index (χ0v) is 43.6. The molecule has 0 spiro atoms. The Morgan fingerprint density at radius 2 is 0.882 bits per heavy atom. The van der Waals surface area contributed by atoms with E-state index in [-0.39, 0.29) is 12.8 Å². The van der Waals surface area contributed by atoms with Crippen molar-refractivity contribution in [2.24, 2.45) is 0 Å². The molecule has 1 amide bonds. The molecule has 11 heteroatoms. The topological polar surface area (TPSA) is 189 Å². The Morgan fingerprint density at radius 3 is 1.31 bits per heavy atom. The van der Waals surface area contributed by atoms with Gasteiger partial charge in [-0.1, -0.05) is 224 Å². The minimum atomic E-state index is -1.67. The van der Waals surface area contributed by atoms with Crippen LogP contribution in [0.15, 0.2) is 36.5 Å². The zero-order chi connectivity index (χ0) is 49.7. The van der Waals surface area contributed by atoms with Crippen LogP contribution in [0.4, 0.5) is 0 Å². The Morgan fingerprint density at radius 1 is 0.500 bits per heavy atom. The summed E-state index contributed by atoms with van der Waals surface area (Å²) >= 11 is 0. The molecule has 0 aromatic heterocycles. The summed E-state index contributed by atoms with van der Waals surface area (Å²) in [7, 11) is 0. The normalized spacial score (nSPS) is 20.8. The van der Waals surface area contributed by atoms with Gasteiger partial charge >= 0.3 is 0 Å². The summed E-state index contributed by atoms with van der Waals surface area (Å²) in [6.07, 6.45) is 44.8. The second-order valence-corrected chi connectivity index (χ2v) is 20.0. The molecular weight excluding hydrogens is 859 g/mol. The molecule has 9 unspecified atom stereocenters. The quantitative estimate of drug-likeness (QED) is 0.0215. The van der Waals surface area contributed by atoms with E-state index in [1.54, 1.807) is 0 Å². The predicted molar refractivity (Wildman–Crippen MR) is 279 cm³/mol. The number of aliphatic hydroxyl groups is 7. The third-order valence-corrected chi connectivity index (χ3v) is 13.7. The van der Waals surface area contributed by atoms with Crippen LogP contribution in [0.2, 0.25) is 0 Å². The minimum absolute atomic E-state index is 0.242. The van der Waals surface area contributed by atoms with Crippen molar-refractivity contribution in [2.45, 2.75) is 306 Å². The molecule has 1 aliphatic rings. The predicted octanol–water partition coefficient (Wildman–Crippen LogP) is 11.5. The molecule has 0 bridgehead atoms. The summed E-state index contributed by atoms with van der Waals surface area (Å²) in [6.45, 7) is 3.45. The van der Waals surface area contributed by atoms with Gasteiger partial charge in [0.05, 0.1) is 25.4 Å². The molecular formula is C57H107NO10. The molecule has 1 rings (SSSR count). The van der Waals surface area contributed by atoms with Crippen molar-refractivity contribution < 1.29 is 50.0 Å². The van der Waals surface area contributed by atoms with Gasteiger partial charge < -0.3 is 50.5 Å².